The van der Waals surface area contributed by atoms with Crippen LogP contribution < -0.4 is 0 Å². The van der Waals surface area contributed by atoms with Crippen LogP contribution in [0.15, 0.2) is 0 Å². The van der Waals surface area contributed by atoms with Gasteiger partial charge in [0.2, 0.25) is 0 Å². The normalized spacial score (nSPS) is 11.6. The summed E-state index contributed by atoms with van der Waals surface area (Å²) in [4.78, 5) is 20.6. The third kappa shape index (κ3) is 67.1. The molecule has 0 aliphatic carbocycles. The van der Waals surface area contributed by atoms with Crippen LogP contribution in [0.25, 0.3) is 0 Å². The summed E-state index contributed by atoms with van der Waals surface area (Å²) in [5.74, 6) is 0.604. The van der Waals surface area contributed by atoms with Gasteiger partial charge in [0.15, 0.2) is 0 Å². The Kier molecular flexibility index (Phi) is 63.4. The highest BCUT2D eigenvalue weighted by Crippen LogP contribution is 2.25. The lowest BCUT2D eigenvalue weighted by Gasteiger charge is -2.08. The van der Waals surface area contributed by atoms with Crippen LogP contribution in [0.2, 0.25) is 0 Å². The molecule has 0 aliphatic rings. The molecule has 18 nitrogen and oxygen atoms in total. The third-order valence-electron chi connectivity index (χ3n) is 10.0. The van der Waals surface area contributed by atoms with Crippen molar-refractivity contribution < 1.29 is 86.1 Å². The Morgan fingerprint density at radius 1 is 0.214 bits per heavy atom. The Bertz CT molecular complexity index is 935. The van der Waals surface area contributed by atoms with Crippen molar-refractivity contribution in [3.8, 4) is 0 Å². The van der Waals surface area contributed by atoms with E-state index in [1.165, 1.54) is 114 Å². The summed E-state index contributed by atoms with van der Waals surface area (Å²) in [5, 5.41) is 16.9. The zero-order valence-electron chi connectivity index (χ0n) is 43.2. The maximum Gasteiger partial charge on any atom is 0.329 e. The van der Waals surface area contributed by atoms with Crippen molar-refractivity contribution >= 4 is 33.5 Å². The molecule has 418 valence electrons. The number of hydrogen-bond acceptors (Lipinski definition) is 18. The highest BCUT2D eigenvalue weighted by molar-refractivity contribution is 8.76. The van der Waals surface area contributed by atoms with E-state index in [2.05, 4.69) is 21.6 Å². The van der Waals surface area contributed by atoms with Crippen molar-refractivity contribution in [3.05, 3.63) is 0 Å². The molecular formula is C50H98O18S2. The number of carbonyl (C=O) groups is 2. The first-order valence-electron chi connectivity index (χ1n) is 26.4. The minimum absolute atomic E-state index is 0.250. The smallest absolute Gasteiger partial charge is 0.329 e. The van der Waals surface area contributed by atoms with Gasteiger partial charge in [-0.05, 0) is 25.7 Å². The molecule has 2 N–H and O–H groups in total. The van der Waals surface area contributed by atoms with E-state index in [1.807, 2.05) is 0 Å². The Hall–Kier alpha value is -0.920. The average Bonchev–Trinajstić information content (AvgIpc) is 3.35. The Balaban J connectivity index is 3.08. The molecule has 0 unspecified atom stereocenters. The van der Waals surface area contributed by atoms with E-state index in [9.17, 15) is 9.59 Å². The van der Waals surface area contributed by atoms with Gasteiger partial charge in [0.05, 0.1) is 159 Å². The van der Waals surface area contributed by atoms with Crippen molar-refractivity contribution in [2.24, 2.45) is 0 Å². The predicted molar refractivity (Wildman–Crippen MR) is 275 cm³/mol. The molecule has 0 fully saturated rings. The molecule has 0 saturated heterocycles. The minimum atomic E-state index is -0.989. The highest BCUT2D eigenvalue weighted by Gasteiger charge is 2.01. The number of carboxylic acids is 2. The topological polar surface area (TPSA) is 204 Å². The van der Waals surface area contributed by atoms with Crippen LogP contribution in [0.4, 0.5) is 0 Å². The Morgan fingerprint density at radius 3 is 0.571 bits per heavy atom. The summed E-state index contributed by atoms with van der Waals surface area (Å²) < 4.78 is 75.6. The molecule has 0 aromatic rings. The number of ether oxygens (including phenoxy) is 14. The lowest BCUT2D eigenvalue weighted by atomic mass is 10.1. The van der Waals surface area contributed by atoms with Gasteiger partial charge in [-0.1, -0.05) is 111 Å². The van der Waals surface area contributed by atoms with Crippen molar-refractivity contribution in [2.75, 3.05) is 196 Å². The van der Waals surface area contributed by atoms with Crippen LogP contribution >= 0.6 is 21.6 Å². The minimum Gasteiger partial charge on any atom is -0.480 e. The average molecular weight is 1050 g/mol. The SMILES string of the molecule is O=C(O)COCCOCCOCCOCCOCCOCCOCCCCCCCCCCCSSCCCCCCCCCCCOCCOCCOCCOCCOCCOCCOCC(=O)O. The van der Waals surface area contributed by atoms with Gasteiger partial charge in [0.25, 0.3) is 0 Å². The second-order valence-corrected chi connectivity index (χ2v) is 19.0. The fourth-order valence-corrected chi connectivity index (χ4v) is 8.57. The Labute approximate surface area is 430 Å². The molecule has 20 heteroatoms. The zero-order valence-corrected chi connectivity index (χ0v) is 44.8. The fourth-order valence-electron chi connectivity index (χ4n) is 6.28. The summed E-state index contributed by atoms with van der Waals surface area (Å²) >= 11 is 0. The molecule has 0 amide bonds. The predicted octanol–water partition coefficient (Wildman–Crippen LogP) is 7.79. The standard InChI is InChI=1S/C50H98O18S2/c51-49(52)47-67-43-41-65-39-37-63-35-33-61-31-29-59-27-25-57-23-21-55-19-15-11-7-3-1-5-9-13-17-45-69-70-46-18-14-10-6-2-4-8-12-16-20-56-22-24-58-26-28-60-30-32-62-34-36-64-38-40-66-42-44-68-48-50(53)54/h1-48H2,(H,51,52)(H,53,54). The maximum absolute atomic E-state index is 10.3. The van der Waals surface area contributed by atoms with Gasteiger partial charge in [-0.2, -0.15) is 0 Å². The van der Waals surface area contributed by atoms with Crippen molar-refractivity contribution in [1.82, 2.24) is 0 Å². The van der Waals surface area contributed by atoms with Gasteiger partial charge >= 0.3 is 11.9 Å². The van der Waals surface area contributed by atoms with Crippen LogP contribution in [0.3, 0.4) is 0 Å². The summed E-state index contributed by atoms with van der Waals surface area (Å²) in [6.45, 7) is 12.5. The van der Waals surface area contributed by atoms with E-state index in [-0.39, 0.29) is 26.4 Å². The second kappa shape index (κ2) is 64.2. The summed E-state index contributed by atoms with van der Waals surface area (Å²) in [5.41, 5.74) is 0. The van der Waals surface area contributed by atoms with Gasteiger partial charge in [-0.3, -0.25) is 0 Å². The van der Waals surface area contributed by atoms with Gasteiger partial charge in [0.1, 0.15) is 13.2 Å². The molecule has 0 radical (unpaired) electrons. The molecule has 70 heavy (non-hydrogen) atoms. The van der Waals surface area contributed by atoms with Crippen LogP contribution in [-0.4, -0.2) is 219 Å². The highest BCUT2D eigenvalue weighted by atomic mass is 33.1. The van der Waals surface area contributed by atoms with E-state index in [0.29, 0.717) is 145 Å². The Morgan fingerprint density at radius 2 is 0.371 bits per heavy atom. The largest absolute Gasteiger partial charge is 0.480 e. The van der Waals surface area contributed by atoms with Gasteiger partial charge in [-0.15, -0.1) is 0 Å². The van der Waals surface area contributed by atoms with Crippen molar-refractivity contribution in [2.45, 2.75) is 116 Å². The molecule has 0 aromatic heterocycles. The summed E-state index contributed by atoms with van der Waals surface area (Å²) in [6, 6.07) is 0. The lowest BCUT2D eigenvalue weighted by Crippen LogP contribution is -2.15. The zero-order chi connectivity index (χ0) is 50.4. The fraction of sp³-hybridized carbons (Fsp3) is 0.960. The molecule has 0 saturated carbocycles. The monoisotopic (exact) mass is 1050 g/mol. The lowest BCUT2D eigenvalue weighted by molar-refractivity contribution is -0.143. The number of unbranched alkanes of at least 4 members (excludes halogenated alkanes) is 16. The van der Waals surface area contributed by atoms with E-state index >= 15 is 0 Å². The quantitative estimate of drug-likeness (QED) is 0.0441. The number of rotatable bonds is 65. The van der Waals surface area contributed by atoms with Crippen molar-refractivity contribution in [1.29, 1.82) is 0 Å². The molecule has 0 spiro atoms. The van der Waals surface area contributed by atoms with E-state index in [4.69, 9.17) is 76.5 Å². The van der Waals surface area contributed by atoms with Crippen LogP contribution in [0.1, 0.15) is 116 Å². The van der Waals surface area contributed by atoms with Gasteiger partial charge in [0, 0.05) is 24.7 Å². The molecule has 0 atom stereocenters. The second-order valence-electron chi connectivity index (χ2n) is 16.2. The van der Waals surface area contributed by atoms with Crippen LogP contribution in [-0.2, 0) is 75.9 Å². The molecule has 0 aromatic carbocycles. The molecule has 0 aliphatic heterocycles. The van der Waals surface area contributed by atoms with Crippen LogP contribution in [0, 0.1) is 0 Å². The van der Waals surface area contributed by atoms with E-state index in [1.54, 1.807) is 0 Å². The molecule has 0 heterocycles. The third-order valence-corrected chi connectivity index (χ3v) is 12.6. The summed E-state index contributed by atoms with van der Waals surface area (Å²) in [7, 11) is 4.15. The first kappa shape index (κ1) is 69.1. The van der Waals surface area contributed by atoms with E-state index < -0.39 is 11.9 Å². The first-order valence-corrected chi connectivity index (χ1v) is 28.9. The number of aliphatic carboxylic acids is 2. The van der Waals surface area contributed by atoms with Gasteiger partial charge < -0.3 is 76.5 Å². The first-order chi connectivity index (χ1) is 34.6. The number of hydrogen-bond donors (Lipinski definition) is 2. The van der Waals surface area contributed by atoms with Crippen molar-refractivity contribution in [3.63, 3.8) is 0 Å². The summed E-state index contributed by atoms with van der Waals surface area (Å²) in [6.07, 6.45) is 23.6. The molecular weight excluding hydrogens is 953 g/mol. The maximum atomic E-state index is 10.3. The van der Waals surface area contributed by atoms with Crippen LogP contribution in [0.5, 0.6) is 0 Å². The van der Waals surface area contributed by atoms with Gasteiger partial charge in [-0.25, -0.2) is 9.59 Å². The molecule has 0 rings (SSSR count). The van der Waals surface area contributed by atoms with E-state index in [0.717, 1.165) is 26.1 Å². The number of carboxylic acid groups (broad SMARTS) is 2. The molecule has 0 bridgehead atoms.